The fraction of sp³-hybridized carbons (Fsp3) is 0.533. The monoisotopic (exact) mass is 296 g/mol. The first-order chi connectivity index (χ1) is 9.99. The van der Waals surface area contributed by atoms with Gasteiger partial charge < -0.3 is 20.8 Å². The molecule has 0 aliphatic carbocycles. The SMILES string of the molecule is NC(=O)[C@@H](O)C1CCN(C[C@@H](O)c2ccccc2F)CC1. The summed E-state index contributed by atoms with van der Waals surface area (Å²) in [4.78, 5) is 13.0. The highest BCUT2D eigenvalue weighted by molar-refractivity contribution is 5.78. The summed E-state index contributed by atoms with van der Waals surface area (Å²) in [7, 11) is 0. The summed E-state index contributed by atoms with van der Waals surface area (Å²) in [6, 6.07) is 6.18. The van der Waals surface area contributed by atoms with Crippen molar-refractivity contribution >= 4 is 5.91 Å². The van der Waals surface area contributed by atoms with E-state index in [9.17, 15) is 19.4 Å². The Labute approximate surface area is 123 Å². The Kier molecular flexibility index (Phi) is 5.27. The number of likely N-dealkylation sites (tertiary alicyclic amines) is 1. The average Bonchev–Trinajstić information content (AvgIpc) is 2.47. The number of carbonyl (C=O) groups is 1. The van der Waals surface area contributed by atoms with Crippen LogP contribution in [0.25, 0.3) is 0 Å². The van der Waals surface area contributed by atoms with Crippen LogP contribution in [0.4, 0.5) is 4.39 Å². The van der Waals surface area contributed by atoms with Crippen molar-refractivity contribution in [1.29, 1.82) is 0 Å². The third kappa shape index (κ3) is 4.00. The predicted octanol–water partition coefficient (Wildman–Crippen LogP) is 0.417. The number of amides is 1. The molecule has 1 saturated heterocycles. The summed E-state index contributed by atoms with van der Waals surface area (Å²) >= 11 is 0. The van der Waals surface area contributed by atoms with Crippen LogP contribution >= 0.6 is 0 Å². The molecule has 1 aromatic carbocycles. The number of hydrogen-bond donors (Lipinski definition) is 3. The second-order valence-corrected chi connectivity index (χ2v) is 5.52. The molecule has 4 N–H and O–H groups in total. The molecule has 1 heterocycles. The molecular weight excluding hydrogens is 275 g/mol. The van der Waals surface area contributed by atoms with Crippen LogP contribution in [0.2, 0.25) is 0 Å². The molecule has 2 rings (SSSR count). The summed E-state index contributed by atoms with van der Waals surface area (Å²) in [6.45, 7) is 1.61. The van der Waals surface area contributed by atoms with Crippen molar-refractivity contribution in [2.75, 3.05) is 19.6 Å². The lowest BCUT2D eigenvalue weighted by molar-refractivity contribution is -0.129. The van der Waals surface area contributed by atoms with Crippen LogP contribution in [0.5, 0.6) is 0 Å². The van der Waals surface area contributed by atoms with Gasteiger partial charge in [0.05, 0.1) is 6.10 Å². The van der Waals surface area contributed by atoms with Gasteiger partial charge in [-0.3, -0.25) is 4.79 Å². The van der Waals surface area contributed by atoms with Crippen LogP contribution in [-0.2, 0) is 4.79 Å². The largest absolute Gasteiger partial charge is 0.387 e. The van der Waals surface area contributed by atoms with E-state index in [2.05, 4.69) is 0 Å². The van der Waals surface area contributed by atoms with E-state index in [4.69, 9.17) is 5.73 Å². The lowest BCUT2D eigenvalue weighted by Gasteiger charge is -2.34. The Morgan fingerprint density at radius 1 is 1.33 bits per heavy atom. The first kappa shape index (κ1) is 15.9. The number of aliphatic hydroxyl groups is 2. The number of primary amides is 1. The van der Waals surface area contributed by atoms with Crippen LogP contribution in [0.1, 0.15) is 24.5 Å². The number of aliphatic hydroxyl groups excluding tert-OH is 2. The van der Waals surface area contributed by atoms with Crippen LogP contribution in [0.15, 0.2) is 24.3 Å². The molecule has 116 valence electrons. The van der Waals surface area contributed by atoms with Gasteiger partial charge in [-0.1, -0.05) is 18.2 Å². The number of nitrogens with zero attached hydrogens (tertiary/aromatic N) is 1. The molecule has 0 aromatic heterocycles. The van der Waals surface area contributed by atoms with Crippen LogP contribution < -0.4 is 5.73 Å². The van der Waals surface area contributed by atoms with Crippen molar-refractivity contribution in [1.82, 2.24) is 4.90 Å². The molecule has 6 heteroatoms. The van der Waals surface area contributed by atoms with E-state index < -0.39 is 23.9 Å². The second kappa shape index (κ2) is 6.98. The lowest BCUT2D eigenvalue weighted by atomic mass is 9.90. The minimum absolute atomic E-state index is 0.135. The zero-order valence-corrected chi connectivity index (χ0v) is 11.8. The van der Waals surface area contributed by atoms with E-state index in [-0.39, 0.29) is 11.5 Å². The molecule has 0 spiro atoms. The predicted molar refractivity (Wildman–Crippen MR) is 75.7 cm³/mol. The zero-order chi connectivity index (χ0) is 15.4. The summed E-state index contributed by atoms with van der Waals surface area (Å²) in [5, 5.41) is 19.8. The van der Waals surface area contributed by atoms with Crippen molar-refractivity contribution in [2.45, 2.75) is 25.0 Å². The maximum absolute atomic E-state index is 13.6. The highest BCUT2D eigenvalue weighted by Gasteiger charge is 2.29. The Balaban J connectivity index is 1.86. The molecule has 1 amide bonds. The van der Waals surface area contributed by atoms with Gasteiger partial charge in [0.2, 0.25) is 5.91 Å². The zero-order valence-electron chi connectivity index (χ0n) is 11.8. The molecule has 1 aliphatic rings. The van der Waals surface area contributed by atoms with Gasteiger partial charge in [-0.15, -0.1) is 0 Å². The number of β-amino-alcohol motifs (C(OH)–C–C–N with tert-alkyl or cyclic N) is 1. The van der Waals surface area contributed by atoms with Gasteiger partial charge in [0.25, 0.3) is 0 Å². The van der Waals surface area contributed by atoms with E-state index in [0.29, 0.717) is 32.5 Å². The molecule has 2 atom stereocenters. The Hall–Kier alpha value is -1.50. The minimum Gasteiger partial charge on any atom is -0.387 e. The normalized spacial score (nSPS) is 20.1. The number of halogens is 1. The Morgan fingerprint density at radius 3 is 2.52 bits per heavy atom. The number of carbonyl (C=O) groups excluding carboxylic acids is 1. The number of rotatable bonds is 5. The van der Waals surface area contributed by atoms with E-state index in [0.717, 1.165) is 0 Å². The topological polar surface area (TPSA) is 86.8 Å². The first-order valence-corrected chi connectivity index (χ1v) is 7.11. The Morgan fingerprint density at radius 2 is 1.95 bits per heavy atom. The number of nitrogens with two attached hydrogens (primary N) is 1. The van der Waals surface area contributed by atoms with E-state index in [1.165, 1.54) is 6.07 Å². The highest BCUT2D eigenvalue weighted by Crippen LogP contribution is 2.24. The lowest BCUT2D eigenvalue weighted by Crippen LogP contribution is -2.43. The van der Waals surface area contributed by atoms with Crippen molar-refractivity contribution in [2.24, 2.45) is 11.7 Å². The molecule has 0 bridgehead atoms. The molecule has 0 unspecified atom stereocenters. The fourth-order valence-electron chi connectivity index (χ4n) is 2.77. The van der Waals surface area contributed by atoms with E-state index in [1.54, 1.807) is 18.2 Å². The van der Waals surface area contributed by atoms with Gasteiger partial charge in [-0.05, 0) is 37.9 Å². The van der Waals surface area contributed by atoms with Gasteiger partial charge in [-0.2, -0.15) is 0 Å². The molecule has 1 fully saturated rings. The summed E-state index contributed by atoms with van der Waals surface area (Å²) in [5.41, 5.74) is 5.38. The quantitative estimate of drug-likeness (QED) is 0.735. The average molecular weight is 296 g/mol. The number of benzene rings is 1. The molecule has 1 aromatic rings. The summed E-state index contributed by atoms with van der Waals surface area (Å²) in [5.74, 6) is -1.24. The van der Waals surface area contributed by atoms with E-state index >= 15 is 0 Å². The van der Waals surface area contributed by atoms with Gasteiger partial charge in [0.1, 0.15) is 11.9 Å². The fourth-order valence-corrected chi connectivity index (χ4v) is 2.77. The third-order valence-electron chi connectivity index (χ3n) is 4.07. The van der Waals surface area contributed by atoms with Crippen molar-refractivity contribution in [3.63, 3.8) is 0 Å². The van der Waals surface area contributed by atoms with Crippen molar-refractivity contribution in [3.8, 4) is 0 Å². The smallest absolute Gasteiger partial charge is 0.246 e. The maximum atomic E-state index is 13.6. The third-order valence-corrected chi connectivity index (χ3v) is 4.07. The standard InChI is InChI=1S/C15H21FN2O3/c16-12-4-2-1-3-11(12)13(19)9-18-7-5-10(6-8-18)14(20)15(17)21/h1-4,10,13-14,19-20H,5-9H2,(H2,17,21)/t13-,14+/m1/s1. The van der Waals surface area contributed by atoms with Gasteiger partial charge in [-0.25, -0.2) is 4.39 Å². The number of piperidine rings is 1. The summed E-state index contributed by atoms with van der Waals surface area (Å²) < 4.78 is 13.6. The summed E-state index contributed by atoms with van der Waals surface area (Å²) in [6.07, 6.45) is -0.727. The molecule has 21 heavy (non-hydrogen) atoms. The number of hydrogen-bond acceptors (Lipinski definition) is 4. The molecule has 5 nitrogen and oxygen atoms in total. The van der Waals surface area contributed by atoms with Crippen LogP contribution in [0, 0.1) is 11.7 Å². The molecule has 0 radical (unpaired) electrons. The van der Waals surface area contributed by atoms with Gasteiger partial charge >= 0.3 is 0 Å². The van der Waals surface area contributed by atoms with Gasteiger partial charge in [0.15, 0.2) is 0 Å². The van der Waals surface area contributed by atoms with Crippen molar-refractivity contribution in [3.05, 3.63) is 35.6 Å². The first-order valence-electron chi connectivity index (χ1n) is 7.11. The Bertz CT molecular complexity index is 490. The molecule has 0 saturated carbocycles. The van der Waals surface area contributed by atoms with E-state index in [1.807, 2.05) is 4.90 Å². The molecular formula is C15H21FN2O3. The van der Waals surface area contributed by atoms with Crippen molar-refractivity contribution < 1.29 is 19.4 Å². The maximum Gasteiger partial charge on any atom is 0.246 e. The second-order valence-electron chi connectivity index (χ2n) is 5.52. The molecule has 1 aliphatic heterocycles. The van der Waals surface area contributed by atoms with Crippen LogP contribution in [-0.4, -0.2) is 46.8 Å². The minimum atomic E-state index is -1.11. The highest BCUT2D eigenvalue weighted by atomic mass is 19.1. The van der Waals surface area contributed by atoms with Gasteiger partial charge in [0, 0.05) is 12.1 Å². The van der Waals surface area contributed by atoms with Crippen LogP contribution in [0.3, 0.4) is 0 Å².